The number of carbonyl (C=O) groups excluding carboxylic acids is 1. The minimum atomic E-state index is -3.69. The highest BCUT2D eigenvalue weighted by atomic mass is 32.2. The molecule has 2 aromatic carbocycles. The Bertz CT molecular complexity index is 1500. The number of anilines is 1. The van der Waals surface area contributed by atoms with Crippen molar-refractivity contribution in [2.75, 3.05) is 31.6 Å². The first kappa shape index (κ1) is 24.3. The number of aromatic nitrogens is 4. The molecule has 1 saturated heterocycles. The number of carbonyl (C=O) groups is 1. The number of amides is 1. The Balaban J connectivity index is 1.61. The Kier molecular flexibility index (Phi) is 6.95. The number of nitrogens with one attached hydrogen (secondary N) is 1. The first-order chi connectivity index (χ1) is 17.5. The molecule has 0 spiro atoms. The fraction of sp³-hybridized carbons (Fsp3) is 0.360. The van der Waals surface area contributed by atoms with Crippen LogP contribution in [0.3, 0.4) is 0 Å². The molecule has 4 aromatic rings. The standard InChI is InChI=1S/C25H28N6O4S/c1-2-3-9-22(32)26-25-27-24-23(28-29-25)20-16-19(36(33,34)30-12-14-35-15-13-30)10-11-21(20)31(24)17-18-7-5-4-6-8-18/h4-8,10-11,16H,2-3,9,12-15,17H2,1H3,(H,26,27,29,32). The molecule has 10 nitrogen and oxygen atoms in total. The fourth-order valence-electron chi connectivity index (χ4n) is 4.33. The molecule has 11 heteroatoms. The van der Waals surface area contributed by atoms with E-state index in [1.807, 2.05) is 41.8 Å². The van der Waals surface area contributed by atoms with Crippen LogP contribution in [0.4, 0.5) is 5.95 Å². The molecule has 3 heterocycles. The summed E-state index contributed by atoms with van der Waals surface area (Å²) in [4.78, 5) is 17.1. The number of sulfonamides is 1. The van der Waals surface area contributed by atoms with Crippen molar-refractivity contribution in [1.82, 2.24) is 24.1 Å². The average Bonchev–Trinajstić information content (AvgIpc) is 3.20. The maximum absolute atomic E-state index is 13.3. The van der Waals surface area contributed by atoms with Crippen LogP contribution in [0.5, 0.6) is 0 Å². The zero-order valence-electron chi connectivity index (χ0n) is 20.1. The maximum atomic E-state index is 13.3. The number of ether oxygens (including phenoxy) is 1. The predicted octanol–water partition coefficient (Wildman–Crippen LogP) is 3.18. The van der Waals surface area contributed by atoms with Crippen molar-refractivity contribution in [1.29, 1.82) is 0 Å². The van der Waals surface area contributed by atoms with Crippen LogP contribution in [0.15, 0.2) is 53.4 Å². The van der Waals surface area contributed by atoms with Crippen LogP contribution in [0.25, 0.3) is 22.1 Å². The molecule has 0 unspecified atom stereocenters. The van der Waals surface area contributed by atoms with Gasteiger partial charge in [-0.2, -0.15) is 9.29 Å². The summed E-state index contributed by atoms with van der Waals surface area (Å²) in [6.45, 7) is 3.91. The monoisotopic (exact) mass is 508 g/mol. The van der Waals surface area contributed by atoms with Crippen molar-refractivity contribution in [3.63, 3.8) is 0 Å². The van der Waals surface area contributed by atoms with Gasteiger partial charge >= 0.3 is 0 Å². The zero-order valence-corrected chi connectivity index (χ0v) is 20.9. The van der Waals surface area contributed by atoms with Gasteiger partial charge in [0.15, 0.2) is 5.65 Å². The molecule has 1 N–H and O–H groups in total. The minimum absolute atomic E-state index is 0.127. The molecule has 36 heavy (non-hydrogen) atoms. The summed E-state index contributed by atoms with van der Waals surface area (Å²) in [5.74, 6) is -0.0375. The summed E-state index contributed by atoms with van der Waals surface area (Å²) < 4.78 is 35.3. The average molecular weight is 509 g/mol. The summed E-state index contributed by atoms with van der Waals surface area (Å²) in [5, 5.41) is 11.9. The molecular formula is C25H28N6O4S. The van der Waals surface area contributed by atoms with Gasteiger partial charge in [-0.1, -0.05) is 43.7 Å². The molecule has 0 bridgehead atoms. The summed E-state index contributed by atoms with van der Waals surface area (Å²) in [6.07, 6.45) is 2.07. The molecule has 1 amide bonds. The predicted molar refractivity (Wildman–Crippen MR) is 136 cm³/mol. The van der Waals surface area contributed by atoms with E-state index < -0.39 is 10.0 Å². The van der Waals surface area contributed by atoms with Gasteiger partial charge in [0.05, 0.1) is 23.6 Å². The van der Waals surface area contributed by atoms with Crippen LogP contribution >= 0.6 is 0 Å². The number of hydrogen-bond acceptors (Lipinski definition) is 7. The van der Waals surface area contributed by atoms with E-state index in [0.717, 1.165) is 23.9 Å². The molecule has 1 fully saturated rings. The van der Waals surface area contributed by atoms with Gasteiger partial charge in [-0.3, -0.25) is 10.1 Å². The van der Waals surface area contributed by atoms with E-state index >= 15 is 0 Å². The van der Waals surface area contributed by atoms with E-state index in [2.05, 4.69) is 20.5 Å². The molecule has 188 valence electrons. The molecular weight excluding hydrogens is 480 g/mol. The van der Waals surface area contributed by atoms with Gasteiger partial charge in [-0.05, 0) is 30.2 Å². The molecule has 0 atom stereocenters. The molecule has 2 aromatic heterocycles. The van der Waals surface area contributed by atoms with Gasteiger partial charge in [0.1, 0.15) is 5.52 Å². The van der Waals surface area contributed by atoms with E-state index in [1.54, 1.807) is 18.2 Å². The summed E-state index contributed by atoms with van der Waals surface area (Å²) >= 11 is 0. The Hall–Kier alpha value is -3.41. The minimum Gasteiger partial charge on any atom is -0.379 e. The van der Waals surface area contributed by atoms with Crippen LogP contribution < -0.4 is 5.32 Å². The van der Waals surface area contributed by atoms with Gasteiger partial charge in [0, 0.05) is 31.4 Å². The van der Waals surface area contributed by atoms with Crippen molar-refractivity contribution in [2.24, 2.45) is 0 Å². The van der Waals surface area contributed by atoms with E-state index in [9.17, 15) is 13.2 Å². The van der Waals surface area contributed by atoms with E-state index in [4.69, 9.17) is 4.74 Å². The Labute approximate surface area is 209 Å². The third kappa shape index (κ3) is 4.81. The number of hydrogen-bond donors (Lipinski definition) is 1. The summed E-state index contributed by atoms with van der Waals surface area (Å²) in [5.41, 5.74) is 2.83. The SMILES string of the molecule is CCCCC(=O)Nc1nnc2c3cc(S(=O)(=O)N4CCOCC4)ccc3n(Cc3ccccc3)c2n1. The lowest BCUT2D eigenvalue weighted by Gasteiger charge is -2.26. The van der Waals surface area contributed by atoms with Crippen molar-refractivity contribution in [3.05, 3.63) is 54.1 Å². The highest BCUT2D eigenvalue weighted by Gasteiger charge is 2.27. The highest BCUT2D eigenvalue weighted by Crippen LogP contribution is 2.31. The van der Waals surface area contributed by atoms with Gasteiger partial charge in [-0.25, -0.2) is 8.42 Å². The number of nitrogens with zero attached hydrogens (tertiary/aromatic N) is 5. The largest absolute Gasteiger partial charge is 0.379 e. The summed E-state index contributed by atoms with van der Waals surface area (Å²) in [7, 11) is -3.69. The number of fused-ring (bicyclic) bond motifs is 3. The van der Waals surface area contributed by atoms with E-state index in [0.29, 0.717) is 55.8 Å². The second-order valence-corrected chi connectivity index (χ2v) is 10.7. The Morgan fingerprint density at radius 1 is 1.08 bits per heavy atom. The maximum Gasteiger partial charge on any atom is 0.251 e. The third-order valence-corrected chi connectivity index (χ3v) is 8.13. The molecule has 0 saturated carbocycles. The molecule has 1 aliphatic rings. The van der Waals surface area contributed by atoms with Crippen molar-refractivity contribution < 1.29 is 17.9 Å². The van der Waals surface area contributed by atoms with Crippen molar-refractivity contribution in [2.45, 2.75) is 37.6 Å². The third-order valence-electron chi connectivity index (χ3n) is 6.24. The Morgan fingerprint density at radius 3 is 2.61 bits per heavy atom. The van der Waals surface area contributed by atoms with Crippen LogP contribution in [-0.2, 0) is 26.1 Å². The number of benzene rings is 2. The van der Waals surface area contributed by atoms with E-state index in [1.165, 1.54) is 4.31 Å². The first-order valence-electron chi connectivity index (χ1n) is 12.1. The second-order valence-electron chi connectivity index (χ2n) is 8.73. The van der Waals surface area contributed by atoms with Gasteiger partial charge in [0.25, 0.3) is 5.95 Å². The first-order valence-corrected chi connectivity index (χ1v) is 13.5. The molecule has 0 radical (unpaired) electrons. The highest BCUT2D eigenvalue weighted by molar-refractivity contribution is 7.89. The molecule has 5 rings (SSSR count). The second kappa shape index (κ2) is 10.3. The molecule has 0 aliphatic carbocycles. The fourth-order valence-corrected chi connectivity index (χ4v) is 5.77. The lowest BCUT2D eigenvalue weighted by molar-refractivity contribution is -0.116. The van der Waals surface area contributed by atoms with Crippen LogP contribution in [0.2, 0.25) is 0 Å². The van der Waals surface area contributed by atoms with Crippen molar-refractivity contribution >= 4 is 43.9 Å². The smallest absolute Gasteiger partial charge is 0.251 e. The number of morpholine rings is 1. The van der Waals surface area contributed by atoms with Crippen LogP contribution in [0, 0.1) is 0 Å². The molecule has 1 aliphatic heterocycles. The van der Waals surface area contributed by atoms with Gasteiger partial charge < -0.3 is 9.30 Å². The lowest BCUT2D eigenvalue weighted by Crippen LogP contribution is -2.40. The van der Waals surface area contributed by atoms with E-state index in [-0.39, 0.29) is 16.8 Å². The topological polar surface area (TPSA) is 119 Å². The Morgan fingerprint density at radius 2 is 1.86 bits per heavy atom. The van der Waals surface area contributed by atoms with Crippen LogP contribution in [0.1, 0.15) is 31.7 Å². The normalized spacial score (nSPS) is 14.9. The van der Waals surface area contributed by atoms with Gasteiger partial charge in [0.2, 0.25) is 15.9 Å². The van der Waals surface area contributed by atoms with Gasteiger partial charge in [-0.15, -0.1) is 10.2 Å². The van der Waals surface area contributed by atoms with Crippen molar-refractivity contribution in [3.8, 4) is 0 Å². The lowest BCUT2D eigenvalue weighted by atomic mass is 10.2. The quantitative estimate of drug-likeness (QED) is 0.388. The number of rotatable bonds is 8. The van der Waals surface area contributed by atoms with Crippen LogP contribution in [-0.4, -0.2) is 64.7 Å². The number of unbranched alkanes of at least 4 members (excludes halogenated alkanes) is 1. The summed E-state index contributed by atoms with van der Waals surface area (Å²) in [6, 6.07) is 14.9. The zero-order chi connectivity index (χ0) is 25.1.